The molecule has 2 heterocycles. The van der Waals surface area contributed by atoms with E-state index in [1.54, 1.807) is 23.0 Å². The number of aromatic nitrogens is 2. The van der Waals surface area contributed by atoms with Crippen LogP contribution < -0.4 is 16.0 Å². The molecule has 8 heteroatoms. The number of carbonyl (C=O) groups is 2. The molecule has 0 bridgehead atoms. The highest BCUT2D eigenvalue weighted by Gasteiger charge is 2.28. The fourth-order valence-electron chi connectivity index (χ4n) is 2.70. The fraction of sp³-hybridized carbons (Fsp3) is 0.312. The molecule has 24 heavy (non-hydrogen) atoms. The van der Waals surface area contributed by atoms with Gasteiger partial charge in [0.15, 0.2) is 0 Å². The lowest BCUT2D eigenvalue weighted by atomic mass is 10.1. The van der Waals surface area contributed by atoms with Crippen LogP contribution >= 0.6 is 0 Å². The predicted molar refractivity (Wildman–Crippen MR) is 85.1 cm³/mol. The summed E-state index contributed by atoms with van der Waals surface area (Å²) < 4.78 is 14.7. The van der Waals surface area contributed by atoms with Gasteiger partial charge in [0.05, 0.1) is 17.9 Å². The van der Waals surface area contributed by atoms with Gasteiger partial charge in [-0.1, -0.05) is 0 Å². The van der Waals surface area contributed by atoms with Crippen LogP contribution in [0.5, 0.6) is 0 Å². The number of benzene rings is 1. The smallest absolute Gasteiger partial charge is 0.315 e. The van der Waals surface area contributed by atoms with Crippen LogP contribution in [0.1, 0.15) is 24.2 Å². The maximum Gasteiger partial charge on any atom is 0.315 e. The number of hydrogen-bond acceptors (Lipinski definition) is 3. The Hall–Kier alpha value is -2.90. The molecule has 3 N–H and O–H groups in total. The highest BCUT2D eigenvalue weighted by molar-refractivity contribution is 5.90. The van der Waals surface area contributed by atoms with Gasteiger partial charge in [-0.2, -0.15) is 5.10 Å². The second kappa shape index (κ2) is 6.31. The molecule has 0 radical (unpaired) electrons. The molecule has 1 fully saturated rings. The largest absolute Gasteiger partial charge is 0.348 e. The topological polar surface area (TPSA) is 88.1 Å². The third-order valence-corrected chi connectivity index (χ3v) is 4.03. The molecule has 126 valence electrons. The molecule has 1 aliphatic rings. The first-order valence-electron chi connectivity index (χ1n) is 7.61. The quantitative estimate of drug-likeness (QED) is 0.786. The van der Waals surface area contributed by atoms with Gasteiger partial charge in [0.25, 0.3) is 0 Å². The lowest BCUT2D eigenvalue weighted by Gasteiger charge is -2.16. The molecule has 7 nitrogen and oxygen atoms in total. The second-order valence-corrected chi connectivity index (χ2v) is 5.71. The van der Waals surface area contributed by atoms with Crippen LogP contribution in [0.4, 0.5) is 9.18 Å². The van der Waals surface area contributed by atoms with E-state index >= 15 is 0 Å². The molecule has 1 aromatic carbocycles. The van der Waals surface area contributed by atoms with Crippen LogP contribution in [0.2, 0.25) is 0 Å². The second-order valence-electron chi connectivity index (χ2n) is 5.71. The van der Waals surface area contributed by atoms with Gasteiger partial charge in [-0.3, -0.25) is 4.79 Å². The lowest BCUT2D eigenvalue weighted by Crippen LogP contribution is -2.43. The average molecular weight is 331 g/mol. The number of carbonyl (C=O) groups excluding carboxylic acids is 2. The summed E-state index contributed by atoms with van der Waals surface area (Å²) in [4.78, 5) is 23.3. The Morgan fingerprint density at radius 2 is 2.12 bits per heavy atom. The zero-order valence-electron chi connectivity index (χ0n) is 13.3. The van der Waals surface area contributed by atoms with Crippen molar-refractivity contribution in [2.75, 3.05) is 6.54 Å². The van der Waals surface area contributed by atoms with E-state index in [9.17, 15) is 14.0 Å². The van der Waals surface area contributed by atoms with Gasteiger partial charge in [-0.25, -0.2) is 13.9 Å². The molecule has 1 aliphatic heterocycles. The number of nitrogens with zero attached hydrogens (tertiary/aromatic N) is 2. The van der Waals surface area contributed by atoms with Crippen molar-refractivity contribution in [1.82, 2.24) is 25.7 Å². The van der Waals surface area contributed by atoms with E-state index < -0.39 is 6.04 Å². The summed E-state index contributed by atoms with van der Waals surface area (Å²) in [5.41, 5.74) is 2.44. The minimum atomic E-state index is -0.576. The monoisotopic (exact) mass is 331 g/mol. The summed E-state index contributed by atoms with van der Waals surface area (Å²) in [5.74, 6) is -0.564. The van der Waals surface area contributed by atoms with E-state index in [0.29, 0.717) is 0 Å². The summed E-state index contributed by atoms with van der Waals surface area (Å²) in [6.45, 7) is 4.00. The molecule has 0 unspecified atom stereocenters. The predicted octanol–water partition coefficient (Wildman–Crippen LogP) is 1.18. The fourth-order valence-corrected chi connectivity index (χ4v) is 2.70. The third kappa shape index (κ3) is 3.08. The van der Waals surface area contributed by atoms with E-state index in [-0.39, 0.29) is 30.3 Å². The van der Waals surface area contributed by atoms with E-state index in [1.807, 2.05) is 13.8 Å². The van der Waals surface area contributed by atoms with Crippen LogP contribution in [0.25, 0.3) is 5.69 Å². The molecule has 2 aromatic rings. The SMILES string of the molecule is Cc1c([C@H](C)NC(=O)[C@H]2CNC(=O)N2)cnn1-c1ccc(F)cc1. The average Bonchev–Trinajstić information content (AvgIpc) is 3.14. The van der Waals surface area contributed by atoms with Crippen molar-refractivity contribution in [2.24, 2.45) is 0 Å². The zero-order valence-corrected chi connectivity index (χ0v) is 13.3. The zero-order chi connectivity index (χ0) is 17.3. The van der Waals surface area contributed by atoms with Crippen LogP contribution in [-0.2, 0) is 4.79 Å². The van der Waals surface area contributed by atoms with Crippen molar-refractivity contribution in [1.29, 1.82) is 0 Å². The first-order chi connectivity index (χ1) is 11.5. The molecule has 1 saturated heterocycles. The molecule has 0 spiro atoms. The summed E-state index contributed by atoms with van der Waals surface area (Å²) in [5, 5.41) is 12.3. The third-order valence-electron chi connectivity index (χ3n) is 4.03. The molecule has 0 saturated carbocycles. The van der Waals surface area contributed by atoms with Gasteiger partial charge in [-0.15, -0.1) is 0 Å². The van der Waals surface area contributed by atoms with Crippen LogP contribution in [0.3, 0.4) is 0 Å². The standard InChI is InChI=1S/C16H18FN5O2/c1-9(20-15(23)14-8-18-16(24)21-14)13-7-19-22(10(13)2)12-5-3-11(17)4-6-12/h3-7,9,14H,8H2,1-2H3,(H,20,23)(H2,18,21,24)/t9-,14+/m0/s1. The Morgan fingerprint density at radius 3 is 2.75 bits per heavy atom. The molecule has 3 amide bonds. The van der Waals surface area contributed by atoms with Crippen molar-refractivity contribution in [3.05, 3.63) is 47.5 Å². The van der Waals surface area contributed by atoms with Crippen LogP contribution in [0, 0.1) is 12.7 Å². The van der Waals surface area contributed by atoms with Gasteiger partial charge in [0.2, 0.25) is 5.91 Å². The van der Waals surface area contributed by atoms with Gasteiger partial charge in [0.1, 0.15) is 11.9 Å². The van der Waals surface area contributed by atoms with Crippen molar-refractivity contribution in [3.8, 4) is 5.69 Å². The summed E-state index contributed by atoms with van der Waals surface area (Å²) in [7, 11) is 0. The molecule has 3 rings (SSSR count). The van der Waals surface area contributed by atoms with Crippen molar-refractivity contribution in [3.63, 3.8) is 0 Å². The van der Waals surface area contributed by atoms with Gasteiger partial charge in [-0.05, 0) is 38.1 Å². The Labute approximate surface area is 138 Å². The summed E-state index contributed by atoms with van der Waals surface area (Å²) in [6.07, 6.45) is 1.68. The van der Waals surface area contributed by atoms with Crippen LogP contribution in [-0.4, -0.2) is 34.3 Å². The summed E-state index contributed by atoms with van der Waals surface area (Å²) in [6, 6.07) is 4.83. The number of rotatable bonds is 4. The van der Waals surface area contributed by atoms with E-state index in [0.717, 1.165) is 16.9 Å². The number of halogens is 1. The summed E-state index contributed by atoms with van der Waals surface area (Å²) >= 11 is 0. The lowest BCUT2D eigenvalue weighted by molar-refractivity contribution is -0.123. The maximum atomic E-state index is 13.0. The van der Waals surface area contributed by atoms with Gasteiger partial charge < -0.3 is 16.0 Å². The normalized spacial score (nSPS) is 18.0. The Morgan fingerprint density at radius 1 is 1.42 bits per heavy atom. The Bertz CT molecular complexity index is 771. The Kier molecular flexibility index (Phi) is 4.20. The molecule has 1 aromatic heterocycles. The van der Waals surface area contributed by atoms with Crippen molar-refractivity contribution >= 4 is 11.9 Å². The highest BCUT2D eigenvalue weighted by atomic mass is 19.1. The molecular formula is C16H18FN5O2. The Balaban J connectivity index is 1.74. The molecule has 0 aliphatic carbocycles. The van der Waals surface area contributed by atoms with Gasteiger partial charge in [0, 0.05) is 17.8 Å². The van der Waals surface area contributed by atoms with E-state index in [4.69, 9.17) is 0 Å². The highest BCUT2D eigenvalue weighted by Crippen LogP contribution is 2.20. The molecular weight excluding hydrogens is 313 g/mol. The minimum absolute atomic E-state index is 0.255. The number of urea groups is 1. The maximum absolute atomic E-state index is 13.0. The number of amides is 3. The van der Waals surface area contributed by atoms with Gasteiger partial charge >= 0.3 is 6.03 Å². The number of nitrogens with one attached hydrogen (secondary N) is 3. The molecule has 2 atom stereocenters. The van der Waals surface area contributed by atoms with E-state index in [1.165, 1.54) is 12.1 Å². The first-order valence-corrected chi connectivity index (χ1v) is 7.61. The van der Waals surface area contributed by atoms with Crippen molar-refractivity contribution in [2.45, 2.75) is 25.9 Å². The number of hydrogen-bond donors (Lipinski definition) is 3. The minimum Gasteiger partial charge on any atom is -0.348 e. The van der Waals surface area contributed by atoms with Crippen LogP contribution in [0.15, 0.2) is 30.5 Å². The van der Waals surface area contributed by atoms with E-state index in [2.05, 4.69) is 21.0 Å². The van der Waals surface area contributed by atoms with Crippen molar-refractivity contribution < 1.29 is 14.0 Å². The first kappa shape index (κ1) is 16.0.